The molecule has 3 heterocycles. The number of para-hydroxylation sites is 1. The van der Waals surface area contributed by atoms with Crippen molar-refractivity contribution in [1.29, 1.82) is 0 Å². The van der Waals surface area contributed by atoms with Crippen molar-refractivity contribution in [2.24, 2.45) is 7.05 Å². The number of hydrogen-bond donors (Lipinski definition) is 1. The van der Waals surface area contributed by atoms with E-state index in [0.717, 1.165) is 5.52 Å². The van der Waals surface area contributed by atoms with Crippen LogP contribution in [0.2, 0.25) is 0 Å². The number of benzene rings is 2. The number of H-pyrrole nitrogens is 1. The normalized spacial score (nSPS) is 19.2. The number of imidazole rings is 1. The SMILES string of the molecule is COC(=O)c1ccc2nc(CO[C@H]3CN(Cc4cn(C)c5ccccc45)C[C@H]3F)[nH]c2c1. The summed E-state index contributed by atoms with van der Waals surface area (Å²) >= 11 is 0. The number of nitrogens with zero attached hydrogens (tertiary/aromatic N) is 3. The lowest BCUT2D eigenvalue weighted by atomic mass is 10.1. The van der Waals surface area contributed by atoms with Gasteiger partial charge in [0, 0.05) is 43.8 Å². The minimum Gasteiger partial charge on any atom is -0.465 e. The van der Waals surface area contributed by atoms with E-state index >= 15 is 0 Å². The predicted molar refractivity (Wildman–Crippen MR) is 119 cm³/mol. The number of aryl methyl sites for hydroxylation is 1. The predicted octanol–water partition coefficient (Wildman–Crippen LogP) is 3.58. The lowest BCUT2D eigenvalue weighted by molar-refractivity contribution is 0.00864. The largest absolute Gasteiger partial charge is 0.465 e. The minimum atomic E-state index is -1.06. The van der Waals surface area contributed by atoms with Gasteiger partial charge in [-0.2, -0.15) is 0 Å². The average Bonchev–Trinajstić information content (AvgIpc) is 3.46. The van der Waals surface area contributed by atoms with E-state index in [1.807, 2.05) is 19.2 Å². The van der Waals surface area contributed by atoms with Gasteiger partial charge in [0.25, 0.3) is 0 Å². The zero-order valence-electron chi connectivity index (χ0n) is 18.0. The van der Waals surface area contributed by atoms with Crippen molar-refractivity contribution >= 4 is 27.9 Å². The van der Waals surface area contributed by atoms with Crippen LogP contribution in [0, 0.1) is 0 Å². The van der Waals surface area contributed by atoms with E-state index in [2.05, 4.69) is 37.8 Å². The summed E-state index contributed by atoms with van der Waals surface area (Å²) < 4.78 is 27.4. The van der Waals surface area contributed by atoms with Gasteiger partial charge in [-0.05, 0) is 29.8 Å². The molecule has 8 heteroatoms. The number of halogens is 1. The maximum atomic E-state index is 14.7. The zero-order valence-corrected chi connectivity index (χ0v) is 18.0. The molecule has 1 saturated heterocycles. The van der Waals surface area contributed by atoms with Crippen LogP contribution in [-0.2, 0) is 29.7 Å². The van der Waals surface area contributed by atoms with Gasteiger partial charge in [0.1, 0.15) is 24.7 Å². The molecule has 1 fully saturated rings. The Morgan fingerprint density at radius 3 is 2.94 bits per heavy atom. The molecule has 1 aliphatic rings. The van der Waals surface area contributed by atoms with E-state index in [1.165, 1.54) is 23.6 Å². The Morgan fingerprint density at radius 2 is 2.09 bits per heavy atom. The molecule has 0 saturated carbocycles. The molecule has 1 N–H and O–H groups in total. The Labute approximate surface area is 184 Å². The molecule has 2 atom stereocenters. The van der Waals surface area contributed by atoms with Crippen LogP contribution in [-0.4, -0.2) is 57.9 Å². The molecular weight excluding hydrogens is 411 g/mol. The van der Waals surface area contributed by atoms with E-state index in [1.54, 1.807) is 18.2 Å². The van der Waals surface area contributed by atoms with E-state index < -0.39 is 18.2 Å². The summed E-state index contributed by atoms with van der Waals surface area (Å²) in [5.41, 5.74) is 4.24. The maximum Gasteiger partial charge on any atom is 0.337 e. The fraction of sp³-hybridized carbons (Fsp3) is 0.333. The molecule has 0 amide bonds. The van der Waals surface area contributed by atoms with E-state index in [-0.39, 0.29) is 6.61 Å². The van der Waals surface area contributed by atoms with Crippen molar-refractivity contribution in [3.05, 3.63) is 65.6 Å². The van der Waals surface area contributed by atoms with Crippen molar-refractivity contribution in [3.8, 4) is 0 Å². The Kier molecular flexibility index (Phi) is 5.40. The van der Waals surface area contributed by atoms with Crippen LogP contribution in [0.4, 0.5) is 4.39 Å². The fourth-order valence-corrected chi connectivity index (χ4v) is 4.45. The summed E-state index contributed by atoms with van der Waals surface area (Å²) in [5, 5.41) is 1.20. The summed E-state index contributed by atoms with van der Waals surface area (Å²) in [6, 6.07) is 13.4. The van der Waals surface area contributed by atoms with E-state index in [0.29, 0.717) is 36.5 Å². The van der Waals surface area contributed by atoms with Gasteiger partial charge in [0.2, 0.25) is 0 Å². The van der Waals surface area contributed by atoms with Crippen molar-refractivity contribution in [2.45, 2.75) is 25.4 Å². The molecule has 4 aromatic rings. The minimum absolute atomic E-state index is 0.176. The first kappa shape index (κ1) is 20.7. The third-order valence-electron chi connectivity index (χ3n) is 6.03. The summed E-state index contributed by atoms with van der Waals surface area (Å²) in [6.45, 7) is 1.73. The molecule has 0 bridgehead atoms. The first-order valence-corrected chi connectivity index (χ1v) is 10.6. The van der Waals surface area contributed by atoms with Crippen LogP contribution >= 0.6 is 0 Å². The second kappa shape index (κ2) is 8.37. The van der Waals surface area contributed by atoms with Crippen LogP contribution in [0.5, 0.6) is 0 Å². The van der Waals surface area contributed by atoms with Crippen molar-refractivity contribution in [1.82, 2.24) is 19.4 Å². The number of methoxy groups -OCH3 is 1. The number of likely N-dealkylation sites (tertiary alicyclic amines) is 1. The van der Waals surface area contributed by atoms with Crippen LogP contribution in [0.25, 0.3) is 21.9 Å². The third-order valence-corrected chi connectivity index (χ3v) is 6.03. The molecule has 1 aliphatic heterocycles. The first-order chi connectivity index (χ1) is 15.5. The van der Waals surface area contributed by atoms with Gasteiger partial charge in [-0.15, -0.1) is 0 Å². The van der Waals surface area contributed by atoms with Gasteiger partial charge in [0.05, 0.1) is 23.7 Å². The molecule has 0 unspecified atom stereocenters. The lowest BCUT2D eigenvalue weighted by Crippen LogP contribution is -2.24. The van der Waals surface area contributed by atoms with Crippen LogP contribution in [0.1, 0.15) is 21.7 Å². The molecular formula is C24H25FN4O3. The second-order valence-corrected chi connectivity index (χ2v) is 8.25. The summed E-state index contributed by atoms with van der Waals surface area (Å²) in [5.74, 6) is 0.193. The number of fused-ring (bicyclic) bond motifs is 2. The third kappa shape index (κ3) is 3.87. The number of carbonyl (C=O) groups is 1. The highest BCUT2D eigenvalue weighted by Gasteiger charge is 2.34. The van der Waals surface area contributed by atoms with E-state index in [4.69, 9.17) is 9.47 Å². The van der Waals surface area contributed by atoms with E-state index in [9.17, 15) is 9.18 Å². The highest BCUT2D eigenvalue weighted by atomic mass is 19.1. The summed E-state index contributed by atoms with van der Waals surface area (Å²) in [4.78, 5) is 21.4. The quantitative estimate of drug-likeness (QED) is 0.468. The molecule has 7 nitrogen and oxygen atoms in total. The monoisotopic (exact) mass is 436 g/mol. The van der Waals surface area contributed by atoms with Gasteiger partial charge < -0.3 is 19.0 Å². The first-order valence-electron chi connectivity index (χ1n) is 10.6. The van der Waals surface area contributed by atoms with Crippen molar-refractivity contribution in [3.63, 3.8) is 0 Å². The number of hydrogen-bond acceptors (Lipinski definition) is 5. The maximum absolute atomic E-state index is 14.7. The van der Waals surface area contributed by atoms with Crippen molar-refractivity contribution < 1.29 is 18.7 Å². The zero-order chi connectivity index (χ0) is 22.2. The number of esters is 1. The van der Waals surface area contributed by atoms with Gasteiger partial charge in [-0.25, -0.2) is 14.2 Å². The Morgan fingerprint density at radius 1 is 1.25 bits per heavy atom. The molecule has 2 aromatic carbocycles. The standard InChI is InChI=1S/C24H25FN4O3/c1-28-10-16(17-5-3-4-6-21(17)28)11-29-12-18(25)22(13-29)32-14-23-26-19-8-7-15(24(30)31-2)9-20(19)27-23/h3-10,18,22H,11-14H2,1-2H3,(H,26,27)/t18-,22+/m1/s1. The topological polar surface area (TPSA) is 72.4 Å². The lowest BCUT2D eigenvalue weighted by Gasteiger charge is -2.15. The molecule has 0 radical (unpaired) electrons. The number of carbonyl (C=O) groups excluding carboxylic acids is 1. The highest BCUT2D eigenvalue weighted by molar-refractivity contribution is 5.93. The van der Waals surface area contributed by atoms with Crippen LogP contribution < -0.4 is 0 Å². The van der Waals surface area contributed by atoms with Crippen LogP contribution in [0.15, 0.2) is 48.7 Å². The summed E-state index contributed by atoms with van der Waals surface area (Å²) in [6.07, 6.45) is 0.549. The Bertz CT molecular complexity index is 1280. The van der Waals surface area contributed by atoms with Gasteiger partial charge >= 0.3 is 5.97 Å². The number of nitrogens with one attached hydrogen (secondary N) is 1. The number of aromatic amines is 1. The average molecular weight is 436 g/mol. The fourth-order valence-electron chi connectivity index (χ4n) is 4.45. The van der Waals surface area contributed by atoms with Gasteiger partial charge in [-0.1, -0.05) is 18.2 Å². The van der Waals surface area contributed by atoms with Crippen LogP contribution in [0.3, 0.4) is 0 Å². The molecule has 2 aromatic heterocycles. The van der Waals surface area contributed by atoms with Gasteiger partial charge in [-0.3, -0.25) is 4.90 Å². The molecule has 166 valence electrons. The molecule has 5 rings (SSSR count). The molecule has 0 spiro atoms. The van der Waals surface area contributed by atoms with Crippen molar-refractivity contribution in [2.75, 3.05) is 20.2 Å². The Balaban J connectivity index is 1.23. The molecule has 32 heavy (non-hydrogen) atoms. The summed E-state index contributed by atoms with van der Waals surface area (Å²) in [7, 11) is 3.37. The number of aromatic nitrogens is 3. The van der Waals surface area contributed by atoms with Gasteiger partial charge in [0.15, 0.2) is 0 Å². The Hall–Kier alpha value is -3.23. The molecule has 0 aliphatic carbocycles. The second-order valence-electron chi connectivity index (χ2n) is 8.25. The number of rotatable bonds is 6. The number of alkyl halides is 1. The number of ether oxygens (including phenoxy) is 2. The highest BCUT2D eigenvalue weighted by Crippen LogP contribution is 2.25. The smallest absolute Gasteiger partial charge is 0.337 e.